The lowest BCUT2D eigenvalue weighted by Gasteiger charge is -2.14. The number of benzene rings is 8. The van der Waals surface area contributed by atoms with E-state index < -0.39 is 0 Å². The van der Waals surface area contributed by atoms with Gasteiger partial charge in [-0.3, -0.25) is 0 Å². The van der Waals surface area contributed by atoms with E-state index in [0.717, 1.165) is 72.0 Å². The van der Waals surface area contributed by atoms with Crippen LogP contribution in [0.2, 0.25) is 0 Å². The van der Waals surface area contributed by atoms with Crippen LogP contribution < -0.4 is 0 Å². The number of fused-ring (bicyclic) bond motifs is 4. The molecule has 0 spiro atoms. The minimum atomic E-state index is 0.590. The van der Waals surface area contributed by atoms with Gasteiger partial charge in [0.2, 0.25) is 0 Å². The van der Waals surface area contributed by atoms with E-state index in [1.165, 1.54) is 10.8 Å². The van der Waals surface area contributed by atoms with Gasteiger partial charge in [0.1, 0.15) is 11.2 Å². The SMILES string of the molecule is c1ccc(-c2nc(-c3ccc(-c4ccc5ccccc5c4)c(-c4ccccc4)c3)nc(-c3cccc4oc5c(-c6ccccc6)cccc5c34)n2)cc1. The zero-order chi connectivity index (χ0) is 35.1. The molecule has 10 aromatic rings. The summed E-state index contributed by atoms with van der Waals surface area (Å²) in [6, 6.07) is 65.2. The van der Waals surface area contributed by atoms with E-state index in [-0.39, 0.29) is 0 Å². The molecular weight excluding hydrogens is 647 g/mol. The molecule has 0 unspecified atom stereocenters. The van der Waals surface area contributed by atoms with Crippen molar-refractivity contribution in [2.45, 2.75) is 0 Å². The molecule has 248 valence electrons. The maximum atomic E-state index is 6.61. The van der Waals surface area contributed by atoms with E-state index in [1.807, 2.05) is 48.5 Å². The second-order valence-electron chi connectivity index (χ2n) is 13.2. The van der Waals surface area contributed by atoms with Crippen molar-refractivity contribution < 1.29 is 4.42 Å². The highest BCUT2D eigenvalue weighted by Gasteiger charge is 2.20. The van der Waals surface area contributed by atoms with E-state index in [1.54, 1.807) is 0 Å². The minimum Gasteiger partial charge on any atom is -0.455 e. The molecule has 0 aliphatic carbocycles. The molecule has 2 heterocycles. The molecule has 10 rings (SSSR count). The van der Waals surface area contributed by atoms with Crippen LogP contribution in [-0.4, -0.2) is 15.0 Å². The Kier molecular flexibility index (Phi) is 7.43. The summed E-state index contributed by atoms with van der Waals surface area (Å²) in [6.45, 7) is 0. The predicted octanol–water partition coefficient (Wildman–Crippen LogP) is 12.9. The summed E-state index contributed by atoms with van der Waals surface area (Å²) in [5, 5.41) is 4.43. The molecule has 0 amide bonds. The van der Waals surface area contributed by atoms with Crippen LogP contribution in [0, 0.1) is 0 Å². The van der Waals surface area contributed by atoms with Crippen LogP contribution >= 0.6 is 0 Å². The van der Waals surface area contributed by atoms with E-state index in [4.69, 9.17) is 19.4 Å². The lowest BCUT2D eigenvalue weighted by atomic mass is 9.91. The Bertz CT molecular complexity index is 2940. The third-order valence-corrected chi connectivity index (χ3v) is 9.94. The first-order chi connectivity index (χ1) is 26.3. The van der Waals surface area contributed by atoms with E-state index >= 15 is 0 Å². The summed E-state index contributed by atoms with van der Waals surface area (Å²) in [6.07, 6.45) is 0. The summed E-state index contributed by atoms with van der Waals surface area (Å²) in [5.74, 6) is 1.80. The molecule has 53 heavy (non-hydrogen) atoms. The topological polar surface area (TPSA) is 51.8 Å². The maximum absolute atomic E-state index is 6.61. The first-order valence-corrected chi connectivity index (χ1v) is 17.8. The molecular formula is C49H31N3O. The number of nitrogens with zero attached hydrogens (tertiary/aromatic N) is 3. The highest BCUT2D eigenvalue weighted by molar-refractivity contribution is 6.15. The fraction of sp³-hybridized carbons (Fsp3) is 0. The first kappa shape index (κ1) is 30.6. The van der Waals surface area contributed by atoms with Gasteiger partial charge in [0.15, 0.2) is 17.5 Å². The molecule has 0 saturated heterocycles. The van der Waals surface area contributed by atoms with Gasteiger partial charge in [0, 0.05) is 33.0 Å². The number of hydrogen-bond donors (Lipinski definition) is 0. The summed E-state index contributed by atoms with van der Waals surface area (Å²) in [7, 11) is 0. The predicted molar refractivity (Wildman–Crippen MR) is 217 cm³/mol. The van der Waals surface area contributed by atoms with Crippen molar-refractivity contribution in [1.82, 2.24) is 15.0 Å². The van der Waals surface area contributed by atoms with Gasteiger partial charge in [0.05, 0.1) is 0 Å². The Balaban J connectivity index is 1.18. The van der Waals surface area contributed by atoms with Crippen LogP contribution in [-0.2, 0) is 0 Å². The van der Waals surface area contributed by atoms with Gasteiger partial charge in [-0.05, 0) is 56.8 Å². The van der Waals surface area contributed by atoms with Crippen molar-refractivity contribution in [3.63, 3.8) is 0 Å². The molecule has 0 aliphatic heterocycles. The zero-order valence-corrected chi connectivity index (χ0v) is 28.6. The summed E-state index contributed by atoms with van der Waals surface area (Å²) in [5.41, 5.74) is 11.0. The summed E-state index contributed by atoms with van der Waals surface area (Å²) >= 11 is 0. The monoisotopic (exact) mass is 677 g/mol. The molecule has 0 N–H and O–H groups in total. The maximum Gasteiger partial charge on any atom is 0.164 e. The highest BCUT2D eigenvalue weighted by atomic mass is 16.3. The van der Waals surface area contributed by atoms with E-state index in [0.29, 0.717) is 17.5 Å². The van der Waals surface area contributed by atoms with Gasteiger partial charge in [0.25, 0.3) is 0 Å². The van der Waals surface area contributed by atoms with Gasteiger partial charge >= 0.3 is 0 Å². The Morgan fingerprint density at radius 2 is 0.906 bits per heavy atom. The van der Waals surface area contributed by atoms with Crippen molar-refractivity contribution in [2.75, 3.05) is 0 Å². The lowest BCUT2D eigenvalue weighted by Crippen LogP contribution is -2.01. The molecule has 0 atom stereocenters. The van der Waals surface area contributed by atoms with Crippen molar-refractivity contribution in [2.24, 2.45) is 0 Å². The van der Waals surface area contributed by atoms with Crippen LogP contribution in [0.1, 0.15) is 0 Å². The molecule has 0 radical (unpaired) electrons. The molecule has 0 aliphatic rings. The number of rotatable bonds is 6. The fourth-order valence-corrected chi connectivity index (χ4v) is 7.37. The Hall–Kier alpha value is -7.17. The largest absolute Gasteiger partial charge is 0.455 e. The molecule has 8 aromatic carbocycles. The second-order valence-corrected chi connectivity index (χ2v) is 13.2. The minimum absolute atomic E-state index is 0.590. The Labute approximate surface area is 306 Å². The van der Waals surface area contributed by atoms with Gasteiger partial charge in [-0.1, -0.05) is 170 Å². The number of furan rings is 1. The average molecular weight is 678 g/mol. The zero-order valence-electron chi connectivity index (χ0n) is 28.6. The molecule has 4 heteroatoms. The van der Waals surface area contributed by atoms with Gasteiger partial charge in [-0.15, -0.1) is 0 Å². The van der Waals surface area contributed by atoms with Crippen LogP contribution in [0.25, 0.3) is 100 Å². The molecule has 0 fully saturated rings. The lowest BCUT2D eigenvalue weighted by molar-refractivity contribution is 0.670. The van der Waals surface area contributed by atoms with Crippen molar-refractivity contribution >= 4 is 32.7 Å². The van der Waals surface area contributed by atoms with E-state index in [2.05, 4.69) is 140 Å². The number of aromatic nitrogens is 3. The van der Waals surface area contributed by atoms with Crippen molar-refractivity contribution in [3.05, 3.63) is 188 Å². The van der Waals surface area contributed by atoms with Crippen molar-refractivity contribution in [1.29, 1.82) is 0 Å². The van der Waals surface area contributed by atoms with Crippen LogP contribution in [0.4, 0.5) is 0 Å². The molecule has 0 bridgehead atoms. The molecule has 4 nitrogen and oxygen atoms in total. The smallest absolute Gasteiger partial charge is 0.164 e. The van der Waals surface area contributed by atoms with Crippen LogP contribution in [0.5, 0.6) is 0 Å². The normalized spacial score (nSPS) is 11.4. The Morgan fingerprint density at radius 1 is 0.321 bits per heavy atom. The molecule has 2 aromatic heterocycles. The number of hydrogen-bond acceptors (Lipinski definition) is 4. The Morgan fingerprint density at radius 3 is 1.66 bits per heavy atom. The standard InChI is InChI=1S/C49H31N3O/c1-4-15-33(16-5-1)40-22-12-23-41-45-42(24-13-25-44(45)53-46(40)41)49-51-47(35-19-8-3-9-20-35)50-48(52-49)38-28-29-39(43(31-38)34-17-6-2-7-18-34)37-27-26-32-14-10-11-21-36(32)30-37/h1-31H. The average Bonchev–Trinajstić information content (AvgIpc) is 3.63. The third-order valence-electron chi connectivity index (χ3n) is 9.94. The second kappa shape index (κ2) is 12.9. The van der Waals surface area contributed by atoms with Crippen LogP contribution in [0.15, 0.2) is 192 Å². The fourth-order valence-electron chi connectivity index (χ4n) is 7.37. The highest BCUT2D eigenvalue weighted by Crippen LogP contribution is 2.41. The van der Waals surface area contributed by atoms with Gasteiger partial charge in [-0.2, -0.15) is 0 Å². The first-order valence-electron chi connectivity index (χ1n) is 17.8. The summed E-state index contributed by atoms with van der Waals surface area (Å²) in [4.78, 5) is 15.5. The van der Waals surface area contributed by atoms with Crippen LogP contribution in [0.3, 0.4) is 0 Å². The number of para-hydroxylation sites is 1. The third kappa shape index (κ3) is 5.54. The van der Waals surface area contributed by atoms with Crippen molar-refractivity contribution in [3.8, 4) is 67.5 Å². The quantitative estimate of drug-likeness (QED) is 0.176. The molecule has 0 saturated carbocycles. The van der Waals surface area contributed by atoms with Gasteiger partial charge in [-0.25, -0.2) is 15.0 Å². The van der Waals surface area contributed by atoms with Gasteiger partial charge < -0.3 is 4.42 Å². The van der Waals surface area contributed by atoms with E-state index in [9.17, 15) is 0 Å². The summed E-state index contributed by atoms with van der Waals surface area (Å²) < 4.78 is 6.61.